The molecule has 10 heteroatoms. The van der Waals surface area contributed by atoms with Crippen molar-refractivity contribution in [2.75, 3.05) is 12.4 Å². The number of rotatable bonds is 4. The van der Waals surface area contributed by atoms with Crippen molar-refractivity contribution in [3.8, 4) is 6.07 Å². The van der Waals surface area contributed by atoms with Gasteiger partial charge in [0.1, 0.15) is 20.8 Å². The van der Waals surface area contributed by atoms with E-state index < -0.39 is 29.2 Å². The molecule has 2 aromatic carbocycles. The van der Waals surface area contributed by atoms with Crippen LogP contribution in [0.3, 0.4) is 0 Å². The van der Waals surface area contributed by atoms with Gasteiger partial charge in [-0.2, -0.15) is 5.26 Å². The largest absolute Gasteiger partial charge is 0.466 e. The van der Waals surface area contributed by atoms with Gasteiger partial charge in [-0.05, 0) is 36.8 Å². The molecule has 3 N–H and O–H groups in total. The van der Waals surface area contributed by atoms with Crippen LogP contribution in [0.4, 0.5) is 10.1 Å². The molecule has 0 aliphatic carbocycles. The lowest BCUT2D eigenvalue weighted by Crippen LogP contribution is -2.40. The van der Waals surface area contributed by atoms with E-state index in [1.807, 2.05) is 25.1 Å². The Labute approximate surface area is 202 Å². The molecular formula is C25H19FN4O4S. The summed E-state index contributed by atoms with van der Waals surface area (Å²) < 4.78 is 19.9. The minimum absolute atomic E-state index is 0.0218. The number of aromatic nitrogens is 1. The van der Waals surface area contributed by atoms with Gasteiger partial charge >= 0.3 is 5.97 Å². The summed E-state index contributed by atoms with van der Waals surface area (Å²) in [7, 11) is 1.17. The molecule has 0 saturated heterocycles. The maximum Gasteiger partial charge on any atom is 0.332 e. The third-order valence-electron chi connectivity index (χ3n) is 5.45. The second kappa shape index (κ2) is 9.40. The monoisotopic (exact) mass is 490 g/mol. The van der Waals surface area contributed by atoms with Crippen LogP contribution in [0.15, 0.2) is 58.9 Å². The summed E-state index contributed by atoms with van der Waals surface area (Å²) in [6.45, 7) is 1.90. The van der Waals surface area contributed by atoms with Gasteiger partial charge < -0.3 is 15.8 Å². The van der Waals surface area contributed by atoms with Crippen LogP contribution >= 0.6 is 11.3 Å². The molecule has 3 aromatic rings. The maximum atomic E-state index is 14.2. The Morgan fingerprint density at radius 3 is 2.60 bits per heavy atom. The zero-order valence-corrected chi connectivity index (χ0v) is 19.5. The number of allylic oxidation sites excluding steroid dienone is 1. The van der Waals surface area contributed by atoms with Crippen LogP contribution in [0.5, 0.6) is 0 Å². The Kier molecular flexibility index (Phi) is 6.36. The molecule has 0 radical (unpaired) electrons. The lowest BCUT2D eigenvalue weighted by atomic mass is 9.83. The van der Waals surface area contributed by atoms with E-state index in [1.54, 1.807) is 18.2 Å². The number of nitrogens with two attached hydrogens (primary N) is 1. The number of methoxy groups -OCH3 is 1. The smallest absolute Gasteiger partial charge is 0.332 e. The number of esters is 1. The van der Waals surface area contributed by atoms with Crippen LogP contribution in [0, 0.1) is 24.1 Å². The Hall–Kier alpha value is -4.49. The number of anilines is 1. The fourth-order valence-electron chi connectivity index (χ4n) is 3.79. The highest BCUT2D eigenvalue weighted by molar-refractivity contribution is 7.07. The number of thiazole rings is 1. The number of fused-ring (bicyclic) bond motifs is 1. The van der Waals surface area contributed by atoms with E-state index in [4.69, 9.17) is 5.73 Å². The van der Waals surface area contributed by atoms with E-state index in [0.29, 0.717) is 11.3 Å². The van der Waals surface area contributed by atoms with E-state index in [9.17, 15) is 24.0 Å². The molecule has 0 fully saturated rings. The summed E-state index contributed by atoms with van der Waals surface area (Å²) in [6, 6.07) is 14.5. The summed E-state index contributed by atoms with van der Waals surface area (Å²) in [5.41, 5.74) is 7.26. The first kappa shape index (κ1) is 23.7. The van der Waals surface area contributed by atoms with Gasteiger partial charge in [0.2, 0.25) is 0 Å². The van der Waals surface area contributed by atoms with Crippen LogP contribution in [0.25, 0.3) is 17.5 Å². The maximum absolute atomic E-state index is 14.2. The number of halogens is 1. The molecule has 176 valence electrons. The normalized spacial score (nSPS) is 15.4. The van der Waals surface area contributed by atoms with Crippen molar-refractivity contribution in [3.05, 3.63) is 90.6 Å². The van der Waals surface area contributed by atoms with E-state index in [0.717, 1.165) is 27.5 Å². The Morgan fingerprint density at radius 1 is 1.26 bits per heavy atom. The highest BCUT2D eigenvalue weighted by Crippen LogP contribution is 2.36. The number of nitriles is 1. The van der Waals surface area contributed by atoms with E-state index in [2.05, 4.69) is 10.1 Å². The first-order valence-electron chi connectivity index (χ1n) is 10.3. The average Bonchev–Trinajstić information content (AvgIpc) is 3.15. The quantitative estimate of drug-likeness (QED) is 0.535. The lowest BCUT2D eigenvalue weighted by Gasteiger charge is -2.25. The molecule has 4 rings (SSSR count). The van der Waals surface area contributed by atoms with Crippen LogP contribution in [-0.4, -0.2) is 23.6 Å². The summed E-state index contributed by atoms with van der Waals surface area (Å²) in [5, 5.41) is 12.7. The molecule has 1 aliphatic rings. The zero-order valence-electron chi connectivity index (χ0n) is 18.7. The number of nitrogens with zero attached hydrogens (tertiary/aromatic N) is 2. The second-order valence-electron chi connectivity index (χ2n) is 7.71. The van der Waals surface area contributed by atoms with Gasteiger partial charge in [-0.1, -0.05) is 29.8 Å². The number of carbonyl (C=O) groups is 2. The minimum Gasteiger partial charge on any atom is -0.466 e. The van der Waals surface area contributed by atoms with Crippen molar-refractivity contribution in [1.29, 1.82) is 5.26 Å². The van der Waals surface area contributed by atoms with Gasteiger partial charge in [-0.15, -0.1) is 11.3 Å². The van der Waals surface area contributed by atoms with Crippen LogP contribution in [0.2, 0.25) is 0 Å². The number of nitrogens with one attached hydrogen (secondary N) is 1. The summed E-state index contributed by atoms with van der Waals surface area (Å²) >= 11 is 0.853. The molecule has 1 aliphatic heterocycles. The number of benzene rings is 2. The van der Waals surface area contributed by atoms with Crippen molar-refractivity contribution >= 4 is 46.4 Å². The predicted octanol–water partition coefficient (Wildman–Crippen LogP) is 1.55. The standard InChI is InChI=1S/C25H19FN4O4S/c1-13-6-8-16(9-7-13)29-23(32)21-20(14-4-3-5-15(26)10-14)17(12-27)22(28)30-24(33)18(35-25(21)30)11-19(31)34-2/h3-11,20H,28H2,1-2H3,(H,29,32)/b18-11-. The number of ether oxygens (including phenoxy) is 1. The van der Waals surface area contributed by atoms with Gasteiger partial charge in [0.05, 0.1) is 30.2 Å². The third-order valence-corrected chi connectivity index (χ3v) is 6.56. The SMILES string of the molecule is COC(=O)/C=c1\sc2n(c1=O)C(N)=C(C#N)C(c1cccc(F)c1)C=2C(=O)Nc1ccc(C)cc1. The molecule has 1 unspecified atom stereocenters. The van der Waals surface area contributed by atoms with Gasteiger partial charge in [-0.3, -0.25) is 14.2 Å². The van der Waals surface area contributed by atoms with Crippen molar-refractivity contribution < 1.29 is 18.7 Å². The highest BCUT2D eigenvalue weighted by Gasteiger charge is 2.35. The summed E-state index contributed by atoms with van der Waals surface area (Å²) in [4.78, 5) is 38.5. The molecular weight excluding hydrogens is 471 g/mol. The van der Waals surface area contributed by atoms with Crippen LogP contribution in [-0.2, 0) is 14.3 Å². The average molecular weight is 491 g/mol. The number of hydrogen-bond acceptors (Lipinski definition) is 7. The Balaban J connectivity index is 2.05. The van der Waals surface area contributed by atoms with Crippen LogP contribution in [0.1, 0.15) is 17.0 Å². The predicted molar refractivity (Wildman–Crippen MR) is 130 cm³/mol. The van der Waals surface area contributed by atoms with E-state index in [1.165, 1.54) is 25.3 Å². The number of aryl methyl sites for hydroxylation is 1. The first-order chi connectivity index (χ1) is 16.7. The second-order valence-corrected chi connectivity index (χ2v) is 8.74. The number of carbonyl (C=O) groups excluding carboxylic acids is 2. The number of amides is 1. The highest BCUT2D eigenvalue weighted by atomic mass is 32.1. The van der Waals surface area contributed by atoms with Gasteiger partial charge in [-0.25, -0.2) is 9.18 Å². The first-order valence-corrected chi connectivity index (χ1v) is 11.2. The van der Waals surface area contributed by atoms with Gasteiger partial charge in [0.25, 0.3) is 11.5 Å². The molecule has 1 atom stereocenters. The van der Waals surface area contributed by atoms with Crippen molar-refractivity contribution in [1.82, 2.24) is 4.57 Å². The Morgan fingerprint density at radius 2 is 1.97 bits per heavy atom. The molecule has 1 aromatic heterocycles. The Bertz CT molecular complexity index is 1610. The molecule has 1 amide bonds. The molecule has 2 heterocycles. The molecule has 0 bridgehead atoms. The summed E-state index contributed by atoms with van der Waals surface area (Å²) in [5.74, 6) is -3.19. The van der Waals surface area contributed by atoms with E-state index >= 15 is 0 Å². The van der Waals surface area contributed by atoms with Gasteiger partial charge in [0.15, 0.2) is 0 Å². The molecule has 35 heavy (non-hydrogen) atoms. The van der Waals surface area contributed by atoms with Crippen molar-refractivity contribution in [3.63, 3.8) is 0 Å². The lowest BCUT2D eigenvalue weighted by molar-refractivity contribution is -0.133. The van der Waals surface area contributed by atoms with Crippen molar-refractivity contribution in [2.45, 2.75) is 12.8 Å². The fraction of sp³-hybridized carbons (Fsp3) is 0.120. The fourth-order valence-corrected chi connectivity index (χ4v) is 4.92. The number of hydrogen-bond donors (Lipinski definition) is 2. The zero-order chi connectivity index (χ0) is 25.3. The molecule has 0 saturated carbocycles. The van der Waals surface area contributed by atoms with E-state index in [-0.39, 0.29) is 26.2 Å². The minimum atomic E-state index is -1.05. The topological polar surface area (TPSA) is 127 Å². The third kappa shape index (κ3) is 4.37. The molecule has 8 nitrogen and oxygen atoms in total. The van der Waals surface area contributed by atoms with Crippen molar-refractivity contribution in [2.24, 2.45) is 5.73 Å². The van der Waals surface area contributed by atoms with Gasteiger partial charge in [0, 0.05) is 11.8 Å². The van der Waals surface area contributed by atoms with Crippen LogP contribution < -0.4 is 25.8 Å². The molecule has 0 spiro atoms. The summed E-state index contributed by atoms with van der Waals surface area (Å²) in [6.07, 6.45) is 0.990.